The number of hydrogen-bond donors (Lipinski definition) is 1. The Balaban J connectivity index is 2.04. The van der Waals surface area contributed by atoms with Gasteiger partial charge >= 0.3 is 0 Å². The molecule has 0 saturated carbocycles. The van der Waals surface area contributed by atoms with Gasteiger partial charge in [0.2, 0.25) is 5.95 Å². The maximum Gasteiger partial charge on any atom is 0.220 e. The summed E-state index contributed by atoms with van der Waals surface area (Å²) in [5.74, 6) is 0.465. The zero-order chi connectivity index (χ0) is 13.2. The Morgan fingerprint density at radius 1 is 1.00 bits per heavy atom. The number of nitrogens with zero attached hydrogens (tertiary/aromatic N) is 2. The van der Waals surface area contributed by atoms with Gasteiger partial charge in [-0.1, -0.05) is 48.0 Å². The summed E-state index contributed by atoms with van der Waals surface area (Å²) in [6, 6.07) is 9.49. The molecule has 1 aromatic carbocycles. The van der Waals surface area contributed by atoms with E-state index in [1.807, 2.05) is 42.5 Å². The predicted octanol–water partition coefficient (Wildman–Crippen LogP) is 3.59. The highest BCUT2D eigenvalue weighted by Gasteiger charge is 2.12. The van der Waals surface area contributed by atoms with E-state index in [1.54, 1.807) is 0 Å². The van der Waals surface area contributed by atoms with Gasteiger partial charge in [0.25, 0.3) is 0 Å². The monoisotopic (exact) mass is 269 g/mol. The molecule has 0 amide bonds. The van der Waals surface area contributed by atoms with Gasteiger partial charge in [-0.05, 0) is 18.2 Å². The molecule has 0 bridgehead atoms. The molecular weight excluding hydrogens is 258 g/mol. The van der Waals surface area contributed by atoms with Crippen molar-refractivity contribution >= 4 is 17.5 Å². The van der Waals surface area contributed by atoms with Crippen LogP contribution in [0.1, 0.15) is 11.6 Å². The van der Waals surface area contributed by atoms with Gasteiger partial charge in [0, 0.05) is 16.5 Å². The normalized spacial score (nSPS) is 14.2. The molecular formula is C15H12ClN3. The summed E-state index contributed by atoms with van der Waals surface area (Å²) < 4.78 is 0. The number of rotatable bonds is 2. The summed E-state index contributed by atoms with van der Waals surface area (Å²) >= 11 is 5.89. The fourth-order valence-electron chi connectivity index (χ4n) is 2.05. The van der Waals surface area contributed by atoms with Crippen LogP contribution in [0.25, 0.3) is 11.3 Å². The molecule has 0 unspecified atom stereocenters. The lowest BCUT2D eigenvalue weighted by Crippen LogP contribution is -2.02. The number of allylic oxidation sites excluding steroid dienone is 4. The van der Waals surface area contributed by atoms with Crippen LogP contribution in [0.3, 0.4) is 0 Å². The van der Waals surface area contributed by atoms with Crippen molar-refractivity contribution in [1.82, 2.24) is 9.97 Å². The molecule has 0 aliphatic heterocycles. The quantitative estimate of drug-likeness (QED) is 0.906. The van der Waals surface area contributed by atoms with Crippen LogP contribution in [0.15, 0.2) is 54.6 Å². The van der Waals surface area contributed by atoms with Crippen molar-refractivity contribution in [2.24, 2.45) is 0 Å². The average molecular weight is 270 g/mol. The van der Waals surface area contributed by atoms with Gasteiger partial charge in [0.15, 0.2) is 0 Å². The van der Waals surface area contributed by atoms with Gasteiger partial charge in [0.05, 0.1) is 11.4 Å². The second-order valence-corrected chi connectivity index (χ2v) is 4.78. The van der Waals surface area contributed by atoms with Crippen LogP contribution in [0.4, 0.5) is 5.95 Å². The predicted molar refractivity (Wildman–Crippen MR) is 77.9 cm³/mol. The summed E-state index contributed by atoms with van der Waals surface area (Å²) in [4.78, 5) is 8.58. The maximum absolute atomic E-state index is 5.89. The molecule has 3 nitrogen and oxygen atoms in total. The largest absolute Gasteiger partial charge is 0.368 e. The number of halogens is 1. The van der Waals surface area contributed by atoms with E-state index in [4.69, 9.17) is 17.3 Å². The number of nitrogens with two attached hydrogens (primary N) is 1. The summed E-state index contributed by atoms with van der Waals surface area (Å²) in [6.07, 6.45) is 8.16. The van der Waals surface area contributed by atoms with Gasteiger partial charge in [-0.15, -0.1) is 0 Å². The van der Waals surface area contributed by atoms with Gasteiger partial charge in [0.1, 0.15) is 0 Å². The summed E-state index contributed by atoms with van der Waals surface area (Å²) in [7, 11) is 0. The molecule has 2 N–H and O–H groups in total. The van der Waals surface area contributed by atoms with Crippen molar-refractivity contribution in [3.05, 3.63) is 65.4 Å². The number of nitrogen functional groups attached to an aromatic ring is 1. The smallest absolute Gasteiger partial charge is 0.220 e. The topological polar surface area (TPSA) is 51.8 Å². The molecule has 19 heavy (non-hydrogen) atoms. The highest BCUT2D eigenvalue weighted by atomic mass is 35.5. The average Bonchev–Trinajstić information content (AvgIpc) is 2.93. The molecule has 4 heteroatoms. The van der Waals surface area contributed by atoms with E-state index < -0.39 is 0 Å². The molecule has 0 saturated heterocycles. The molecule has 0 atom stereocenters. The van der Waals surface area contributed by atoms with Gasteiger partial charge in [-0.2, -0.15) is 0 Å². The molecule has 0 radical (unpaired) electrons. The second kappa shape index (κ2) is 4.86. The highest BCUT2D eigenvalue weighted by Crippen LogP contribution is 2.26. The van der Waals surface area contributed by atoms with E-state index in [-0.39, 0.29) is 11.9 Å². The van der Waals surface area contributed by atoms with E-state index >= 15 is 0 Å². The highest BCUT2D eigenvalue weighted by molar-refractivity contribution is 6.30. The molecule has 1 aliphatic rings. The van der Waals surface area contributed by atoms with Crippen LogP contribution in [0.5, 0.6) is 0 Å². The summed E-state index contributed by atoms with van der Waals surface area (Å²) in [5.41, 5.74) is 8.49. The molecule has 0 spiro atoms. The number of aromatic nitrogens is 2. The first-order valence-corrected chi connectivity index (χ1v) is 6.35. The van der Waals surface area contributed by atoms with Crippen molar-refractivity contribution < 1.29 is 0 Å². The molecule has 2 aromatic rings. The Hall–Kier alpha value is -2.13. The lowest BCUT2D eigenvalue weighted by atomic mass is 10.0. The minimum atomic E-state index is 0.177. The molecule has 94 valence electrons. The Bertz CT molecular complexity index is 648. The standard InChI is InChI=1S/C15H12ClN3/c16-12-7-5-11(6-8-12)14-9-13(18-15(17)19-14)10-3-1-2-4-10/h1-10H,(H2,17,18,19). The zero-order valence-corrected chi connectivity index (χ0v) is 10.9. The lowest BCUT2D eigenvalue weighted by Gasteiger charge is -2.09. The third-order valence-electron chi connectivity index (χ3n) is 2.99. The Labute approximate surface area is 116 Å². The van der Waals surface area contributed by atoms with E-state index in [1.165, 1.54) is 0 Å². The first-order valence-electron chi connectivity index (χ1n) is 5.98. The number of anilines is 1. The van der Waals surface area contributed by atoms with Crippen LogP contribution < -0.4 is 5.73 Å². The third kappa shape index (κ3) is 2.51. The van der Waals surface area contributed by atoms with Crippen molar-refractivity contribution in [3.8, 4) is 11.3 Å². The SMILES string of the molecule is Nc1nc(-c2ccc(Cl)cc2)cc(C2C=CC=C2)n1. The van der Waals surface area contributed by atoms with Crippen molar-refractivity contribution in [1.29, 1.82) is 0 Å². The Kier molecular flexibility index (Phi) is 3.05. The van der Waals surface area contributed by atoms with Gasteiger partial charge in [-0.25, -0.2) is 9.97 Å². The zero-order valence-electron chi connectivity index (χ0n) is 10.1. The van der Waals surface area contributed by atoms with E-state index in [9.17, 15) is 0 Å². The first-order chi connectivity index (χ1) is 9.22. The van der Waals surface area contributed by atoms with Crippen molar-refractivity contribution in [3.63, 3.8) is 0 Å². The van der Waals surface area contributed by atoms with Crippen LogP contribution in [0, 0.1) is 0 Å². The van der Waals surface area contributed by atoms with Crippen LogP contribution >= 0.6 is 11.6 Å². The van der Waals surface area contributed by atoms with Crippen LogP contribution in [-0.4, -0.2) is 9.97 Å². The molecule has 1 aromatic heterocycles. The summed E-state index contributed by atoms with van der Waals surface area (Å²) in [6.45, 7) is 0. The molecule has 3 rings (SSSR count). The second-order valence-electron chi connectivity index (χ2n) is 4.34. The van der Waals surface area contributed by atoms with Gasteiger partial charge in [-0.3, -0.25) is 0 Å². The van der Waals surface area contributed by atoms with E-state index in [2.05, 4.69) is 22.1 Å². The van der Waals surface area contributed by atoms with E-state index in [0.29, 0.717) is 5.02 Å². The van der Waals surface area contributed by atoms with Gasteiger partial charge < -0.3 is 5.73 Å². The van der Waals surface area contributed by atoms with E-state index in [0.717, 1.165) is 17.0 Å². The first kappa shape index (κ1) is 11.9. The number of benzene rings is 1. The maximum atomic E-state index is 5.89. The van der Waals surface area contributed by atoms with Crippen molar-refractivity contribution in [2.75, 3.05) is 5.73 Å². The Morgan fingerprint density at radius 2 is 1.68 bits per heavy atom. The molecule has 1 aliphatic carbocycles. The van der Waals surface area contributed by atoms with Crippen LogP contribution in [-0.2, 0) is 0 Å². The molecule has 0 fully saturated rings. The van der Waals surface area contributed by atoms with Crippen molar-refractivity contribution in [2.45, 2.75) is 5.92 Å². The fraction of sp³-hybridized carbons (Fsp3) is 0.0667. The molecule has 1 heterocycles. The van der Waals surface area contributed by atoms with Crippen LogP contribution in [0.2, 0.25) is 5.02 Å². The fourth-order valence-corrected chi connectivity index (χ4v) is 2.18. The minimum Gasteiger partial charge on any atom is -0.368 e. The summed E-state index contributed by atoms with van der Waals surface area (Å²) in [5, 5.41) is 0.702. The lowest BCUT2D eigenvalue weighted by molar-refractivity contribution is 0.987. The Morgan fingerprint density at radius 3 is 2.37 bits per heavy atom. The minimum absolute atomic E-state index is 0.177. The third-order valence-corrected chi connectivity index (χ3v) is 3.24. The number of hydrogen-bond acceptors (Lipinski definition) is 3.